The molecule has 0 radical (unpaired) electrons. The molecule has 2 aromatic carbocycles. The molecule has 1 amide bonds. The van der Waals surface area contributed by atoms with Gasteiger partial charge in [0.15, 0.2) is 0 Å². The molecule has 1 aliphatic carbocycles. The number of nitrogens with one attached hydrogen (secondary N) is 2. The summed E-state index contributed by atoms with van der Waals surface area (Å²) >= 11 is 0. The fraction of sp³-hybridized carbons (Fsp3) is 0.238. The van der Waals surface area contributed by atoms with Crippen LogP contribution in [0.1, 0.15) is 35.2 Å². The third kappa shape index (κ3) is 3.01. The molecule has 1 aliphatic rings. The maximum atomic E-state index is 13.1. The lowest BCUT2D eigenvalue weighted by molar-refractivity contribution is 0.0928. The molecule has 4 rings (SSSR count). The van der Waals surface area contributed by atoms with Crippen LogP contribution in [0.15, 0.2) is 60.8 Å². The predicted octanol–water partition coefficient (Wildman–Crippen LogP) is 4.07. The summed E-state index contributed by atoms with van der Waals surface area (Å²) in [5.41, 5.74) is 3.11. The van der Waals surface area contributed by atoms with Crippen LogP contribution < -0.4 is 5.32 Å². The molecular formula is C21H20FN3O. The van der Waals surface area contributed by atoms with Crippen molar-refractivity contribution in [1.82, 2.24) is 15.5 Å². The minimum atomic E-state index is -0.311. The van der Waals surface area contributed by atoms with Gasteiger partial charge in [0.1, 0.15) is 5.82 Å². The molecule has 132 valence electrons. The van der Waals surface area contributed by atoms with Gasteiger partial charge in [-0.05, 0) is 42.7 Å². The van der Waals surface area contributed by atoms with Gasteiger partial charge in [-0.25, -0.2) is 4.39 Å². The summed E-state index contributed by atoms with van der Waals surface area (Å²) in [6.45, 7) is 0.601. The smallest absolute Gasteiger partial charge is 0.255 e. The summed E-state index contributed by atoms with van der Waals surface area (Å²) in [7, 11) is 0. The Morgan fingerprint density at radius 3 is 2.50 bits per heavy atom. The Bertz CT molecular complexity index is 899. The van der Waals surface area contributed by atoms with Crippen LogP contribution in [0.2, 0.25) is 0 Å². The van der Waals surface area contributed by atoms with Crippen LogP contribution in [0.4, 0.5) is 4.39 Å². The van der Waals surface area contributed by atoms with E-state index in [0.29, 0.717) is 17.8 Å². The SMILES string of the molecule is O=C(NCC1(c2ccccc2)CCC1)c1cn[nH]c1-c1ccc(F)cc1. The highest BCUT2D eigenvalue weighted by atomic mass is 19.1. The lowest BCUT2D eigenvalue weighted by Crippen LogP contribution is -2.45. The maximum Gasteiger partial charge on any atom is 0.255 e. The number of carbonyl (C=O) groups excluding carboxylic acids is 1. The molecule has 1 fully saturated rings. The quantitative estimate of drug-likeness (QED) is 0.729. The Morgan fingerprint density at radius 2 is 1.85 bits per heavy atom. The molecule has 1 saturated carbocycles. The number of aromatic nitrogens is 2. The summed E-state index contributed by atoms with van der Waals surface area (Å²) < 4.78 is 13.1. The second-order valence-electron chi connectivity index (χ2n) is 6.85. The van der Waals surface area contributed by atoms with E-state index in [2.05, 4.69) is 27.6 Å². The Hall–Kier alpha value is -2.95. The third-order valence-corrected chi connectivity index (χ3v) is 5.30. The number of hydrogen-bond donors (Lipinski definition) is 2. The van der Waals surface area contributed by atoms with Gasteiger partial charge in [0.05, 0.1) is 17.5 Å². The van der Waals surface area contributed by atoms with Crippen LogP contribution in [0.3, 0.4) is 0 Å². The second-order valence-corrected chi connectivity index (χ2v) is 6.85. The second kappa shape index (κ2) is 6.75. The van der Waals surface area contributed by atoms with Crippen molar-refractivity contribution in [2.24, 2.45) is 0 Å². The topological polar surface area (TPSA) is 57.8 Å². The number of hydrogen-bond acceptors (Lipinski definition) is 2. The van der Waals surface area contributed by atoms with E-state index >= 15 is 0 Å². The van der Waals surface area contributed by atoms with E-state index in [0.717, 1.165) is 18.4 Å². The number of nitrogens with zero attached hydrogens (tertiary/aromatic N) is 1. The summed E-state index contributed by atoms with van der Waals surface area (Å²) in [5.74, 6) is -0.477. The first-order chi connectivity index (χ1) is 12.7. The Morgan fingerprint density at radius 1 is 1.12 bits per heavy atom. The molecule has 26 heavy (non-hydrogen) atoms. The van der Waals surface area contributed by atoms with Gasteiger partial charge in [0.25, 0.3) is 5.91 Å². The highest BCUT2D eigenvalue weighted by Crippen LogP contribution is 2.43. The van der Waals surface area contributed by atoms with Crippen molar-refractivity contribution < 1.29 is 9.18 Å². The molecule has 0 atom stereocenters. The molecule has 1 aromatic heterocycles. The number of aromatic amines is 1. The molecule has 1 heterocycles. The fourth-order valence-electron chi connectivity index (χ4n) is 3.60. The van der Waals surface area contributed by atoms with Gasteiger partial charge in [-0.3, -0.25) is 9.89 Å². The van der Waals surface area contributed by atoms with Crippen molar-refractivity contribution in [2.75, 3.05) is 6.54 Å². The average molecular weight is 349 g/mol. The first-order valence-electron chi connectivity index (χ1n) is 8.81. The zero-order chi connectivity index (χ0) is 18.0. The molecular weight excluding hydrogens is 329 g/mol. The average Bonchev–Trinajstić information content (AvgIpc) is 3.12. The van der Waals surface area contributed by atoms with Gasteiger partial charge in [-0.1, -0.05) is 36.8 Å². The molecule has 5 heteroatoms. The largest absolute Gasteiger partial charge is 0.351 e. The standard InChI is InChI=1S/C21H20FN3O/c22-17-9-7-15(8-10-17)19-18(13-24-25-19)20(26)23-14-21(11-4-12-21)16-5-2-1-3-6-16/h1-3,5-10,13H,4,11-12,14H2,(H,23,26)(H,24,25). The maximum absolute atomic E-state index is 13.1. The van der Waals surface area contributed by atoms with Gasteiger partial charge in [-0.15, -0.1) is 0 Å². The van der Waals surface area contributed by atoms with Crippen LogP contribution in [-0.4, -0.2) is 22.6 Å². The molecule has 4 nitrogen and oxygen atoms in total. The molecule has 3 aromatic rings. The van der Waals surface area contributed by atoms with Crippen LogP contribution in [-0.2, 0) is 5.41 Å². The van der Waals surface area contributed by atoms with Crippen molar-refractivity contribution in [3.8, 4) is 11.3 Å². The Labute approximate surface area is 151 Å². The summed E-state index contributed by atoms with van der Waals surface area (Å²) in [6.07, 6.45) is 4.85. The minimum Gasteiger partial charge on any atom is -0.351 e. The van der Waals surface area contributed by atoms with E-state index in [-0.39, 0.29) is 17.1 Å². The van der Waals surface area contributed by atoms with Crippen LogP contribution in [0.25, 0.3) is 11.3 Å². The molecule has 0 spiro atoms. The number of carbonyl (C=O) groups is 1. The molecule has 0 aliphatic heterocycles. The van der Waals surface area contributed by atoms with Gasteiger partial charge >= 0.3 is 0 Å². The van der Waals surface area contributed by atoms with E-state index in [1.807, 2.05) is 18.2 Å². The van der Waals surface area contributed by atoms with Gasteiger partial charge in [0.2, 0.25) is 0 Å². The van der Waals surface area contributed by atoms with Crippen molar-refractivity contribution in [3.05, 3.63) is 77.7 Å². The molecule has 2 N–H and O–H groups in total. The van der Waals surface area contributed by atoms with Crippen molar-refractivity contribution in [2.45, 2.75) is 24.7 Å². The van der Waals surface area contributed by atoms with E-state index in [1.165, 1.54) is 30.3 Å². The van der Waals surface area contributed by atoms with Gasteiger partial charge < -0.3 is 5.32 Å². The molecule has 0 saturated heterocycles. The number of benzene rings is 2. The number of H-pyrrole nitrogens is 1. The first-order valence-corrected chi connectivity index (χ1v) is 8.81. The minimum absolute atomic E-state index is 0.0245. The van der Waals surface area contributed by atoms with Gasteiger partial charge in [0, 0.05) is 17.5 Å². The highest BCUT2D eigenvalue weighted by molar-refractivity contribution is 5.99. The van der Waals surface area contributed by atoms with E-state index < -0.39 is 0 Å². The van der Waals surface area contributed by atoms with E-state index in [1.54, 1.807) is 12.1 Å². The van der Waals surface area contributed by atoms with Crippen LogP contribution in [0.5, 0.6) is 0 Å². The summed E-state index contributed by atoms with van der Waals surface area (Å²) in [5, 5.41) is 9.92. The monoisotopic (exact) mass is 349 g/mol. The van der Waals surface area contributed by atoms with Crippen molar-refractivity contribution in [1.29, 1.82) is 0 Å². The number of rotatable bonds is 5. The Balaban J connectivity index is 1.51. The van der Waals surface area contributed by atoms with Gasteiger partial charge in [-0.2, -0.15) is 5.10 Å². The van der Waals surface area contributed by atoms with E-state index in [9.17, 15) is 9.18 Å². The third-order valence-electron chi connectivity index (χ3n) is 5.30. The lowest BCUT2D eigenvalue weighted by atomic mass is 9.64. The first kappa shape index (κ1) is 16.5. The van der Waals surface area contributed by atoms with Crippen molar-refractivity contribution >= 4 is 5.91 Å². The normalized spacial score (nSPS) is 15.3. The predicted molar refractivity (Wildman–Crippen MR) is 98.3 cm³/mol. The lowest BCUT2D eigenvalue weighted by Gasteiger charge is -2.42. The summed E-state index contributed by atoms with van der Waals surface area (Å²) in [6, 6.07) is 16.4. The number of halogens is 1. The zero-order valence-electron chi connectivity index (χ0n) is 14.3. The number of amides is 1. The fourth-order valence-corrected chi connectivity index (χ4v) is 3.60. The zero-order valence-corrected chi connectivity index (χ0v) is 14.3. The molecule has 0 bridgehead atoms. The molecule has 0 unspecified atom stereocenters. The highest BCUT2D eigenvalue weighted by Gasteiger charge is 2.38. The van der Waals surface area contributed by atoms with Crippen molar-refractivity contribution in [3.63, 3.8) is 0 Å². The van der Waals surface area contributed by atoms with Crippen LogP contribution in [0, 0.1) is 5.82 Å². The van der Waals surface area contributed by atoms with E-state index in [4.69, 9.17) is 0 Å². The Kier molecular flexibility index (Phi) is 4.29. The summed E-state index contributed by atoms with van der Waals surface area (Å²) in [4.78, 5) is 12.7. The van der Waals surface area contributed by atoms with Crippen LogP contribution >= 0.6 is 0 Å².